The Balaban J connectivity index is 1.63. The van der Waals surface area contributed by atoms with E-state index >= 15 is 0 Å². The smallest absolute Gasteiger partial charge is 0.465 e. The Morgan fingerprint density at radius 1 is 1.00 bits per heavy atom. The number of carbonyl (C=O) groups excluding carboxylic acids is 3. The van der Waals surface area contributed by atoms with Gasteiger partial charge >= 0.3 is 18.3 Å². The molecule has 2 fully saturated rings. The van der Waals surface area contributed by atoms with Crippen molar-refractivity contribution in [3.8, 4) is 0 Å². The fourth-order valence-electron chi connectivity index (χ4n) is 3.52. The zero-order chi connectivity index (χ0) is 20.2. The van der Waals surface area contributed by atoms with Gasteiger partial charge in [0, 0.05) is 6.04 Å². The van der Waals surface area contributed by atoms with Crippen molar-refractivity contribution in [2.45, 2.75) is 90.0 Å². The van der Waals surface area contributed by atoms with Crippen molar-refractivity contribution >= 4 is 18.3 Å². The van der Waals surface area contributed by atoms with Gasteiger partial charge in [0.2, 0.25) is 0 Å². The van der Waals surface area contributed by atoms with Gasteiger partial charge < -0.3 is 24.3 Å². The van der Waals surface area contributed by atoms with Gasteiger partial charge in [-0.15, -0.1) is 0 Å². The molecule has 0 spiro atoms. The number of ether oxygens (including phenoxy) is 4. The summed E-state index contributed by atoms with van der Waals surface area (Å²) in [7, 11) is 0. The SMILES string of the molecule is CC(C)(C)OC(=O)OC(=O)OC(C)(C)CCCOC(=O)[C@H]1N[C@@H]2CC[C@H]1C2. The zero-order valence-electron chi connectivity index (χ0n) is 16.8. The van der Waals surface area contributed by atoms with Crippen LogP contribution in [0.1, 0.15) is 66.7 Å². The number of piperidine rings is 1. The van der Waals surface area contributed by atoms with Crippen molar-refractivity contribution < 1.29 is 33.3 Å². The molecule has 0 aromatic carbocycles. The summed E-state index contributed by atoms with van der Waals surface area (Å²) in [6.45, 7) is 8.64. The van der Waals surface area contributed by atoms with Crippen molar-refractivity contribution in [2.24, 2.45) is 5.92 Å². The van der Waals surface area contributed by atoms with E-state index in [4.69, 9.17) is 14.2 Å². The molecule has 2 aliphatic rings. The van der Waals surface area contributed by atoms with Crippen LogP contribution in [0.5, 0.6) is 0 Å². The van der Waals surface area contributed by atoms with Crippen LogP contribution in [0.15, 0.2) is 0 Å². The summed E-state index contributed by atoms with van der Waals surface area (Å²) in [6, 6.07) is 0.271. The summed E-state index contributed by atoms with van der Waals surface area (Å²) in [6.07, 6.45) is 2.04. The van der Waals surface area contributed by atoms with E-state index in [1.807, 2.05) is 0 Å². The minimum absolute atomic E-state index is 0.184. The molecule has 154 valence electrons. The number of nitrogens with one attached hydrogen (secondary N) is 1. The Kier molecular flexibility index (Phi) is 6.72. The molecule has 0 aromatic heterocycles. The van der Waals surface area contributed by atoms with Gasteiger partial charge in [0.1, 0.15) is 17.2 Å². The molecule has 27 heavy (non-hydrogen) atoms. The van der Waals surface area contributed by atoms with Gasteiger partial charge in [-0.1, -0.05) is 0 Å². The average molecular weight is 385 g/mol. The summed E-state index contributed by atoms with van der Waals surface area (Å²) in [5.41, 5.74) is -1.62. The average Bonchev–Trinajstić information content (AvgIpc) is 3.11. The van der Waals surface area contributed by atoms with E-state index < -0.39 is 23.5 Å². The minimum atomic E-state index is -1.11. The lowest BCUT2D eigenvalue weighted by molar-refractivity contribution is -0.147. The van der Waals surface area contributed by atoms with E-state index in [1.54, 1.807) is 34.6 Å². The number of hydrogen-bond acceptors (Lipinski definition) is 8. The Bertz CT molecular complexity index is 567. The second-order valence-electron chi connectivity index (χ2n) is 8.86. The van der Waals surface area contributed by atoms with Crippen LogP contribution in [-0.2, 0) is 23.7 Å². The van der Waals surface area contributed by atoms with E-state index in [0.29, 0.717) is 24.8 Å². The third-order valence-electron chi connectivity index (χ3n) is 4.70. The van der Waals surface area contributed by atoms with Crippen LogP contribution in [0.4, 0.5) is 9.59 Å². The van der Waals surface area contributed by atoms with Crippen LogP contribution in [-0.4, -0.2) is 48.2 Å². The van der Waals surface area contributed by atoms with E-state index in [2.05, 4.69) is 10.1 Å². The Morgan fingerprint density at radius 3 is 2.22 bits per heavy atom. The Hall–Kier alpha value is -1.83. The van der Waals surface area contributed by atoms with E-state index in [1.165, 1.54) is 0 Å². The zero-order valence-corrected chi connectivity index (χ0v) is 16.8. The third-order valence-corrected chi connectivity index (χ3v) is 4.70. The maximum absolute atomic E-state index is 12.1. The second-order valence-corrected chi connectivity index (χ2v) is 8.86. The van der Waals surface area contributed by atoms with Crippen molar-refractivity contribution in [1.29, 1.82) is 0 Å². The topological polar surface area (TPSA) is 100 Å². The molecular formula is C19H31NO7. The summed E-state index contributed by atoms with van der Waals surface area (Å²) < 4.78 is 19.9. The summed E-state index contributed by atoms with van der Waals surface area (Å²) >= 11 is 0. The number of carbonyl (C=O) groups is 3. The highest BCUT2D eigenvalue weighted by Gasteiger charge is 2.43. The maximum Gasteiger partial charge on any atom is 0.519 e. The minimum Gasteiger partial charge on any atom is -0.465 e. The molecule has 8 heteroatoms. The molecule has 1 saturated heterocycles. The van der Waals surface area contributed by atoms with Crippen LogP contribution in [0.3, 0.4) is 0 Å². The molecule has 0 aromatic rings. The van der Waals surface area contributed by atoms with Crippen molar-refractivity contribution in [1.82, 2.24) is 5.32 Å². The monoisotopic (exact) mass is 385 g/mol. The molecule has 1 aliphatic carbocycles. The highest BCUT2D eigenvalue weighted by Crippen LogP contribution is 2.35. The molecule has 1 aliphatic heterocycles. The van der Waals surface area contributed by atoms with Crippen LogP contribution in [0.2, 0.25) is 0 Å². The van der Waals surface area contributed by atoms with Crippen LogP contribution >= 0.6 is 0 Å². The van der Waals surface area contributed by atoms with Gasteiger partial charge in [-0.25, -0.2) is 9.59 Å². The Morgan fingerprint density at radius 2 is 1.67 bits per heavy atom. The van der Waals surface area contributed by atoms with Crippen LogP contribution in [0.25, 0.3) is 0 Å². The van der Waals surface area contributed by atoms with Gasteiger partial charge in [0.05, 0.1) is 6.61 Å². The lowest BCUT2D eigenvalue weighted by atomic mass is 10.0. The predicted molar refractivity (Wildman–Crippen MR) is 96.1 cm³/mol. The van der Waals surface area contributed by atoms with Gasteiger partial charge in [-0.3, -0.25) is 4.79 Å². The number of esters is 1. The van der Waals surface area contributed by atoms with Crippen molar-refractivity contribution in [2.75, 3.05) is 6.61 Å². The highest BCUT2D eigenvalue weighted by molar-refractivity contribution is 5.77. The van der Waals surface area contributed by atoms with Gasteiger partial charge in [0.15, 0.2) is 0 Å². The fourth-order valence-corrected chi connectivity index (χ4v) is 3.52. The first-order valence-electron chi connectivity index (χ1n) is 9.52. The molecule has 8 nitrogen and oxygen atoms in total. The summed E-state index contributed by atoms with van der Waals surface area (Å²) in [5.74, 6) is 0.190. The molecule has 1 N–H and O–H groups in total. The molecule has 1 heterocycles. The first-order valence-corrected chi connectivity index (χ1v) is 9.52. The summed E-state index contributed by atoms with van der Waals surface area (Å²) in [4.78, 5) is 35.3. The third kappa shape index (κ3) is 7.01. The highest BCUT2D eigenvalue weighted by atomic mass is 16.8. The predicted octanol–water partition coefficient (Wildman–Crippen LogP) is 3.32. The fraction of sp³-hybridized carbons (Fsp3) is 0.842. The maximum atomic E-state index is 12.1. The number of hydrogen-bond donors (Lipinski definition) is 1. The molecule has 2 bridgehead atoms. The van der Waals surface area contributed by atoms with Gasteiger partial charge in [0.25, 0.3) is 0 Å². The summed E-state index contributed by atoms with van der Waals surface area (Å²) in [5, 5.41) is 3.30. The van der Waals surface area contributed by atoms with Gasteiger partial charge in [-0.2, -0.15) is 0 Å². The first kappa shape index (κ1) is 21.5. The number of rotatable bonds is 6. The quantitative estimate of drug-likeness (QED) is 0.322. The molecule has 0 amide bonds. The van der Waals surface area contributed by atoms with Crippen LogP contribution < -0.4 is 5.32 Å². The lowest BCUT2D eigenvalue weighted by Gasteiger charge is -2.25. The largest absolute Gasteiger partial charge is 0.519 e. The van der Waals surface area contributed by atoms with E-state index in [0.717, 1.165) is 19.3 Å². The van der Waals surface area contributed by atoms with E-state index in [9.17, 15) is 14.4 Å². The Labute approximate surface area is 160 Å². The molecule has 3 atom stereocenters. The van der Waals surface area contributed by atoms with E-state index in [-0.39, 0.29) is 18.6 Å². The van der Waals surface area contributed by atoms with Crippen molar-refractivity contribution in [3.05, 3.63) is 0 Å². The normalized spacial score (nSPS) is 24.4. The first-order chi connectivity index (χ1) is 12.5. The lowest BCUT2D eigenvalue weighted by Crippen LogP contribution is -2.42. The van der Waals surface area contributed by atoms with Crippen LogP contribution in [0, 0.1) is 5.92 Å². The molecule has 0 unspecified atom stereocenters. The molecular weight excluding hydrogens is 354 g/mol. The second kappa shape index (κ2) is 8.46. The standard InChI is InChI=1S/C19H31NO7/c1-18(2,3)26-16(22)25-17(23)27-19(4,5)9-6-10-24-15(21)14-12-7-8-13(11-12)20-14/h12-14,20H,6-11H2,1-5H3/t12-,13+,14-/m0/s1. The molecule has 2 rings (SSSR count). The number of fused-ring (bicyclic) bond motifs is 2. The molecule has 1 saturated carbocycles. The van der Waals surface area contributed by atoms with Gasteiger partial charge in [-0.05, 0) is 72.6 Å². The molecule has 0 radical (unpaired) electrons. The van der Waals surface area contributed by atoms with Crippen molar-refractivity contribution in [3.63, 3.8) is 0 Å².